The van der Waals surface area contributed by atoms with E-state index in [9.17, 15) is 22.8 Å². The van der Waals surface area contributed by atoms with Gasteiger partial charge in [0.15, 0.2) is 0 Å². The summed E-state index contributed by atoms with van der Waals surface area (Å²) >= 11 is 1.53. The molecule has 0 saturated heterocycles. The van der Waals surface area contributed by atoms with E-state index >= 15 is 0 Å². The summed E-state index contributed by atoms with van der Waals surface area (Å²) in [6.07, 6.45) is -2.50. The number of halogens is 3. The summed E-state index contributed by atoms with van der Waals surface area (Å²) in [4.78, 5) is 24.9. The average molecular weight is 412 g/mol. The largest absolute Gasteiger partial charge is 0.573 e. The molecule has 0 unspecified atom stereocenters. The number of rotatable bonds is 8. The zero-order chi connectivity index (χ0) is 20.6. The first-order valence-corrected chi connectivity index (χ1v) is 9.69. The smallest absolute Gasteiger partial charge is 0.406 e. The molecule has 1 atom stereocenters. The molecule has 0 aromatic heterocycles. The third kappa shape index (κ3) is 7.15. The topological polar surface area (TPSA) is 67.4 Å². The van der Waals surface area contributed by atoms with Gasteiger partial charge in [-0.15, -0.1) is 13.2 Å². The molecule has 5 nitrogen and oxygen atoms in total. The highest BCUT2D eigenvalue weighted by molar-refractivity contribution is 7.98. The summed E-state index contributed by atoms with van der Waals surface area (Å²) in [5.41, 5.74) is 0.723. The maximum absolute atomic E-state index is 12.6. The van der Waals surface area contributed by atoms with Crippen LogP contribution in [0.5, 0.6) is 5.75 Å². The standard InChI is InChI=1S/C19H19F3N2O3S/c1-28-12-11-16(24-17(25)13-5-3-2-4-6-13)18(26)23-14-7-9-15(10-8-14)27-19(20,21)22/h2-10,16H,11-12H2,1H3,(H,23,26)(H,24,25)/t16-/m1/s1. The van der Waals surface area contributed by atoms with E-state index in [1.165, 1.54) is 23.9 Å². The molecule has 0 heterocycles. The molecule has 0 spiro atoms. The predicted molar refractivity (Wildman–Crippen MR) is 102 cm³/mol. The first kappa shape index (κ1) is 21.6. The van der Waals surface area contributed by atoms with Crippen LogP contribution in [0.1, 0.15) is 16.8 Å². The van der Waals surface area contributed by atoms with Gasteiger partial charge < -0.3 is 15.4 Å². The Morgan fingerprint density at radius 2 is 1.71 bits per heavy atom. The lowest BCUT2D eigenvalue weighted by molar-refractivity contribution is -0.274. The summed E-state index contributed by atoms with van der Waals surface area (Å²) in [6.45, 7) is 0. The monoisotopic (exact) mass is 412 g/mol. The third-order valence-electron chi connectivity index (χ3n) is 3.62. The van der Waals surface area contributed by atoms with Crippen LogP contribution in [0.25, 0.3) is 0 Å². The van der Waals surface area contributed by atoms with E-state index in [-0.39, 0.29) is 11.7 Å². The van der Waals surface area contributed by atoms with Crippen molar-refractivity contribution in [1.82, 2.24) is 5.32 Å². The number of hydrogen-bond acceptors (Lipinski definition) is 4. The van der Waals surface area contributed by atoms with Crippen LogP contribution in [0.15, 0.2) is 54.6 Å². The Bertz CT molecular complexity index is 783. The van der Waals surface area contributed by atoms with E-state index in [4.69, 9.17) is 0 Å². The molecular weight excluding hydrogens is 393 g/mol. The zero-order valence-corrected chi connectivity index (χ0v) is 15.8. The number of amides is 2. The second kappa shape index (κ2) is 10.0. The minimum atomic E-state index is -4.78. The fourth-order valence-corrected chi connectivity index (χ4v) is 2.78. The molecule has 0 bridgehead atoms. The van der Waals surface area contributed by atoms with Crippen molar-refractivity contribution in [2.75, 3.05) is 17.3 Å². The number of thioether (sulfide) groups is 1. The van der Waals surface area contributed by atoms with Crippen molar-refractivity contribution in [2.24, 2.45) is 0 Å². The summed E-state index contributed by atoms with van der Waals surface area (Å²) in [6, 6.07) is 12.5. The Hall–Kier alpha value is -2.68. The van der Waals surface area contributed by atoms with Gasteiger partial charge in [-0.25, -0.2) is 0 Å². The molecule has 9 heteroatoms. The first-order chi connectivity index (χ1) is 13.3. The van der Waals surface area contributed by atoms with Crippen LogP contribution in [-0.4, -0.2) is 36.2 Å². The molecule has 28 heavy (non-hydrogen) atoms. The van der Waals surface area contributed by atoms with Gasteiger partial charge in [-0.2, -0.15) is 11.8 Å². The number of carbonyl (C=O) groups excluding carboxylic acids is 2. The van der Waals surface area contributed by atoms with E-state index in [2.05, 4.69) is 15.4 Å². The van der Waals surface area contributed by atoms with Gasteiger partial charge in [0.1, 0.15) is 11.8 Å². The van der Waals surface area contributed by atoms with Crippen molar-refractivity contribution in [1.29, 1.82) is 0 Å². The minimum Gasteiger partial charge on any atom is -0.406 e. The van der Waals surface area contributed by atoms with Crippen LogP contribution in [-0.2, 0) is 4.79 Å². The Labute approximate surface area is 164 Å². The van der Waals surface area contributed by atoms with Gasteiger partial charge in [0.25, 0.3) is 5.91 Å². The van der Waals surface area contributed by atoms with Crippen LogP contribution < -0.4 is 15.4 Å². The van der Waals surface area contributed by atoms with Gasteiger partial charge in [0.2, 0.25) is 5.91 Å². The van der Waals surface area contributed by atoms with Crippen molar-refractivity contribution in [3.63, 3.8) is 0 Å². The van der Waals surface area contributed by atoms with Crippen molar-refractivity contribution < 1.29 is 27.5 Å². The molecule has 0 radical (unpaired) electrons. The molecule has 0 aliphatic heterocycles. The minimum absolute atomic E-state index is 0.294. The lowest BCUT2D eigenvalue weighted by Crippen LogP contribution is -2.44. The molecule has 0 aliphatic carbocycles. The number of benzene rings is 2. The first-order valence-electron chi connectivity index (χ1n) is 8.30. The highest BCUT2D eigenvalue weighted by Gasteiger charge is 2.31. The molecule has 2 amide bonds. The van der Waals surface area contributed by atoms with Crippen molar-refractivity contribution in [3.8, 4) is 5.75 Å². The summed E-state index contributed by atoms with van der Waals surface area (Å²) < 4.78 is 40.4. The quantitative estimate of drug-likeness (QED) is 0.686. The fraction of sp³-hybridized carbons (Fsp3) is 0.263. The van der Waals surface area contributed by atoms with Gasteiger partial charge in [0.05, 0.1) is 0 Å². The molecule has 0 fully saturated rings. The average Bonchev–Trinajstić information content (AvgIpc) is 2.66. The molecule has 0 aliphatic rings. The molecule has 2 aromatic carbocycles. The predicted octanol–water partition coefficient (Wildman–Crippen LogP) is 4.08. The number of anilines is 1. The Morgan fingerprint density at radius 1 is 1.07 bits per heavy atom. The molecular formula is C19H19F3N2O3S. The number of ether oxygens (including phenoxy) is 1. The lowest BCUT2D eigenvalue weighted by Gasteiger charge is -2.18. The third-order valence-corrected chi connectivity index (χ3v) is 4.27. The Morgan fingerprint density at radius 3 is 2.29 bits per heavy atom. The fourth-order valence-electron chi connectivity index (χ4n) is 2.30. The Balaban J connectivity index is 2.03. The molecule has 0 saturated carbocycles. The maximum atomic E-state index is 12.6. The SMILES string of the molecule is CSCC[C@@H](NC(=O)c1ccccc1)C(=O)Nc1ccc(OC(F)(F)F)cc1. The van der Waals surface area contributed by atoms with Crippen LogP contribution in [0.4, 0.5) is 18.9 Å². The van der Waals surface area contributed by atoms with E-state index in [1.54, 1.807) is 30.3 Å². The number of carbonyl (C=O) groups is 2. The number of hydrogen-bond donors (Lipinski definition) is 2. The normalized spacial score (nSPS) is 12.1. The van der Waals surface area contributed by atoms with Gasteiger partial charge in [-0.1, -0.05) is 18.2 Å². The van der Waals surface area contributed by atoms with Crippen LogP contribution >= 0.6 is 11.8 Å². The number of nitrogens with one attached hydrogen (secondary N) is 2. The van der Waals surface area contributed by atoms with Gasteiger partial charge in [0, 0.05) is 11.3 Å². The van der Waals surface area contributed by atoms with Crippen molar-refractivity contribution in [3.05, 3.63) is 60.2 Å². The molecule has 150 valence electrons. The summed E-state index contributed by atoms with van der Waals surface area (Å²) in [5, 5.41) is 5.29. The van der Waals surface area contributed by atoms with E-state index < -0.39 is 18.3 Å². The number of alkyl halides is 3. The zero-order valence-electron chi connectivity index (χ0n) is 15.0. The van der Waals surface area contributed by atoms with Gasteiger partial charge in [-0.05, 0) is 54.8 Å². The summed E-state index contributed by atoms with van der Waals surface area (Å²) in [7, 11) is 0. The molecule has 2 rings (SSSR count). The van der Waals surface area contributed by atoms with Gasteiger partial charge >= 0.3 is 6.36 Å². The van der Waals surface area contributed by atoms with Crippen LogP contribution in [0.2, 0.25) is 0 Å². The van der Waals surface area contributed by atoms with E-state index in [0.717, 1.165) is 12.1 Å². The lowest BCUT2D eigenvalue weighted by atomic mass is 10.1. The van der Waals surface area contributed by atoms with Crippen molar-refractivity contribution >= 4 is 29.3 Å². The van der Waals surface area contributed by atoms with E-state index in [0.29, 0.717) is 23.4 Å². The highest BCUT2D eigenvalue weighted by atomic mass is 32.2. The highest BCUT2D eigenvalue weighted by Crippen LogP contribution is 2.24. The van der Waals surface area contributed by atoms with Crippen LogP contribution in [0.3, 0.4) is 0 Å². The van der Waals surface area contributed by atoms with Crippen LogP contribution in [0, 0.1) is 0 Å². The van der Waals surface area contributed by atoms with Crippen molar-refractivity contribution in [2.45, 2.75) is 18.8 Å². The molecule has 2 aromatic rings. The Kier molecular flexibility index (Phi) is 7.74. The summed E-state index contributed by atoms with van der Waals surface area (Å²) in [5.74, 6) is -0.577. The second-order valence-corrected chi connectivity index (χ2v) is 6.72. The maximum Gasteiger partial charge on any atom is 0.573 e. The van der Waals surface area contributed by atoms with Gasteiger partial charge in [-0.3, -0.25) is 9.59 Å². The second-order valence-electron chi connectivity index (χ2n) is 5.73. The van der Waals surface area contributed by atoms with E-state index in [1.807, 2.05) is 6.26 Å². The molecule has 2 N–H and O–H groups in total.